The molecule has 0 saturated heterocycles. The van der Waals surface area contributed by atoms with Crippen LogP contribution >= 0.6 is 0 Å². The summed E-state index contributed by atoms with van der Waals surface area (Å²) in [5, 5.41) is 10.7. The van der Waals surface area contributed by atoms with Crippen molar-refractivity contribution in [1.29, 1.82) is 0 Å². The standard InChI is InChI=1S/C10H13N3O3/c1-12(2)5-4-8-6-10(16-3)11-7-9(8)13(14)15/h4-7H,1-3H3. The molecule has 6 nitrogen and oxygen atoms in total. The van der Waals surface area contributed by atoms with Gasteiger partial charge >= 0.3 is 0 Å². The summed E-state index contributed by atoms with van der Waals surface area (Å²) in [6, 6.07) is 1.53. The zero-order valence-electron chi connectivity index (χ0n) is 9.38. The molecule has 0 saturated carbocycles. The summed E-state index contributed by atoms with van der Waals surface area (Å²) in [6.45, 7) is 0. The van der Waals surface area contributed by atoms with Crippen LogP contribution in [-0.2, 0) is 0 Å². The van der Waals surface area contributed by atoms with Crippen molar-refractivity contribution in [2.75, 3.05) is 21.2 Å². The minimum atomic E-state index is -0.470. The molecule has 1 aromatic rings. The number of rotatable bonds is 4. The number of nitro groups is 1. The Morgan fingerprint density at radius 2 is 2.25 bits per heavy atom. The fraction of sp³-hybridized carbons (Fsp3) is 0.300. The molecule has 0 aliphatic rings. The Balaban J connectivity index is 3.15. The summed E-state index contributed by atoms with van der Waals surface area (Å²) in [5.41, 5.74) is 0.421. The monoisotopic (exact) mass is 223 g/mol. The Morgan fingerprint density at radius 1 is 1.56 bits per heavy atom. The van der Waals surface area contributed by atoms with Gasteiger partial charge in [0.15, 0.2) is 0 Å². The van der Waals surface area contributed by atoms with Gasteiger partial charge in [0.05, 0.1) is 17.6 Å². The number of aromatic nitrogens is 1. The zero-order valence-corrected chi connectivity index (χ0v) is 9.38. The van der Waals surface area contributed by atoms with E-state index in [0.29, 0.717) is 11.4 Å². The van der Waals surface area contributed by atoms with Gasteiger partial charge in [-0.05, 0) is 12.3 Å². The summed E-state index contributed by atoms with van der Waals surface area (Å²) in [5.74, 6) is 0.351. The van der Waals surface area contributed by atoms with Gasteiger partial charge in [-0.2, -0.15) is 0 Å². The van der Waals surface area contributed by atoms with Crippen LogP contribution in [0.15, 0.2) is 18.5 Å². The molecule has 0 bridgehead atoms. The van der Waals surface area contributed by atoms with Gasteiger partial charge in [-0.25, -0.2) is 4.98 Å². The molecule has 0 radical (unpaired) electrons. The molecule has 0 aromatic carbocycles. The van der Waals surface area contributed by atoms with Gasteiger partial charge < -0.3 is 9.64 Å². The number of pyridine rings is 1. The van der Waals surface area contributed by atoms with E-state index in [4.69, 9.17) is 4.74 Å². The fourth-order valence-electron chi connectivity index (χ4n) is 1.07. The fourth-order valence-corrected chi connectivity index (χ4v) is 1.07. The largest absolute Gasteiger partial charge is 0.481 e. The summed E-state index contributed by atoms with van der Waals surface area (Å²) in [7, 11) is 5.13. The molecule has 1 rings (SSSR count). The molecule has 0 N–H and O–H groups in total. The Hall–Kier alpha value is -2.11. The zero-order chi connectivity index (χ0) is 12.1. The first-order valence-electron chi connectivity index (χ1n) is 4.57. The highest BCUT2D eigenvalue weighted by atomic mass is 16.6. The maximum absolute atomic E-state index is 10.7. The number of methoxy groups -OCH3 is 1. The summed E-state index contributed by atoms with van der Waals surface area (Å²) in [4.78, 5) is 15.9. The Kier molecular flexibility index (Phi) is 3.82. The highest BCUT2D eigenvalue weighted by Gasteiger charge is 2.13. The molecule has 0 atom stereocenters. The van der Waals surface area contributed by atoms with E-state index in [9.17, 15) is 10.1 Å². The van der Waals surface area contributed by atoms with E-state index < -0.39 is 4.92 Å². The second kappa shape index (κ2) is 5.11. The van der Waals surface area contributed by atoms with E-state index in [-0.39, 0.29) is 5.69 Å². The van der Waals surface area contributed by atoms with Gasteiger partial charge in [0.1, 0.15) is 6.20 Å². The van der Waals surface area contributed by atoms with E-state index in [0.717, 1.165) is 0 Å². The van der Waals surface area contributed by atoms with Crippen LogP contribution in [0.2, 0.25) is 0 Å². The third-order valence-corrected chi connectivity index (χ3v) is 1.85. The second-order valence-electron chi connectivity index (χ2n) is 3.32. The quantitative estimate of drug-likeness (QED) is 0.572. The van der Waals surface area contributed by atoms with E-state index in [1.165, 1.54) is 19.4 Å². The lowest BCUT2D eigenvalue weighted by Crippen LogP contribution is -2.00. The average Bonchev–Trinajstić information content (AvgIpc) is 2.25. The number of hydrogen-bond acceptors (Lipinski definition) is 5. The minimum absolute atomic E-state index is 0.0427. The van der Waals surface area contributed by atoms with E-state index in [1.807, 2.05) is 14.1 Å². The first-order chi connectivity index (χ1) is 7.54. The molecule has 0 spiro atoms. The van der Waals surface area contributed by atoms with Crippen LogP contribution in [0.25, 0.3) is 6.08 Å². The van der Waals surface area contributed by atoms with Crippen molar-refractivity contribution in [3.63, 3.8) is 0 Å². The van der Waals surface area contributed by atoms with Gasteiger partial charge in [-0.15, -0.1) is 0 Å². The van der Waals surface area contributed by atoms with Crippen LogP contribution in [0.4, 0.5) is 5.69 Å². The highest BCUT2D eigenvalue weighted by Crippen LogP contribution is 2.22. The van der Waals surface area contributed by atoms with Crippen LogP contribution in [-0.4, -0.2) is 36.0 Å². The molecule has 1 aromatic heterocycles. The lowest BCUT2D eigenvalue weighted by molar-refractivity contribution is -0.385. The summed E-state index contributed by atoms with van der Waals surface area (Å²) >= 11 is 0. The first-order valence-corrected chi connectivity index (χ1v) is 4.57. The Bertz CT molecular complexity index is 416. The molecule has 0 amide bonds. The van der Waals surface area contributed by atoms with Crippen molar-refractivity contribution in [2.45, 2.75) is 0 Å². The molecule has 1 heterocycles. The van der Waals surface area contributed by atoms with Crippen LogP contribution in [0, 0.1) is 10.1 Å². The number of ether oxygens (including phenoxy) is 1. The predicted octanol–water partition coefficient (Wildman–Crippen LogP) is 1.53. The van der Waals surface area contributed by atoms with Crippen LogP contribution in [0.1, 0.15) is 5.56 Å². The molecule has 0 aliphatic carbocycles. The van der Waals surface area contributed by atoms with Gasteiger partial charge in [0.25, 0.3) is 5.69 Å². The first kappa shape index (κ1) is 12.0. The van der Waals surface area contributed by atoms with Crippen molar-refractivity contribution < 1.29 is 9.66 Å². The molecule has 6 heteroatoms. The molecule has 16 heavy (non-hydrogen) atoms. The van der Waals surface area contributed by atoms with Gasteiger partial charge in [-0.1, -0.05) is 0 Å². The van der Waals surface area contributed by atoms with Crippen molar-refractivity contribution in [3.8, 4) is 5.88 Å². The van der Waals surface area contributed by atoms with E-state index in [1.54, 1.807) is 17.2 Å². The second-order valence-corrected chi connectivity index (χ2v) is 3.32. The molecular weight excluding hydrogens is 210 g/mol. The van der Waals surface area contributed by atoms with E-state index >= 15 is 0 Å². The third kappa shape index (κ3) is 2.94. The lowest BCUT2D eigenvalue weighted by Gasteiger charge is -2.04. The van der Waals surface area contributed by atoms with E-state index in [2.05, 4.69) is 4.98 Å². The van der Waals surface area contributed by atoms with Crippen molar-refractivity contribution in [3.05, 3.63) is 34.1 Å². The third-order valence-electron chi connectivity index (χ3n) is 1.85. The average molecular weight is 223 g/mol. The van der Waals surface area contributed by atoms with Crippen LogP contribution in [0.3, 0.4) is 0 Å². The normalized spacial score (nSPS) is 10.4. The maximum Gasteiger partial charge on any atom is 0.295 e. The minimum Gasteiger partial charge on any atom is -0.481 e. The van der Waals surface area contributed by atoms with Crippen molar-refractivity contribution in [1.82, 2.24) is 9.88 Å². The lowest BCUT2D eigenvalue weighted by atomic mass is 10.2. The molecule has 0 aliphatic heterocycles. The van der Waals surface area contributed by atoms with Gasteiger partial charge in [0, 0.05) is 20.2 Å². The number of nitrogens with zero attached hydrogens (tertiary/aromatic N) is 3. The van der Waals surface area contributed by atoms with Crippen molar-refractivity contribution >= 4 is 11.8 Å². The molecular formula is C10H13N3O3. The topological polar surface area (TPSA) is 68.5 Å². The smallest absolute Gasteiger partial charge is 0.295 e. The Morgan fingerprint density at radius 3 is 2.75 bits per heavy atom. The van der Waals surface area contributed by atoms with Crippen molar-refractivity contribution in [2.24, 2.45) is 0 Å². The summed E-state index contributed by atoms with van der Waals surface area (Å²) < 4.78 is 4.92. The predicted molar refractivity (Wildman–Crippen MR) is 60.2 cm³/mol. The Labute approximate surface area is 93.3 Å². The number of hydrogen-bond donors (Lipinski definition) is 0. The molecule has 86 valence electrons. The van der Waals surface area contributed by atoms with Crippen LogP contribution in [0.5, 0.6) is 5.88 Å². The summed E-state index contributed by atoms with van der Waals surface area (Å²) in [6.07, 6.45) is 4.55. The van der Waals surface area contributed by atoms with Gasteiger partial charge in [-0.3, -0.25) is 10.1 Å². The maximum atomic E-state index is 10.7. The molecule has 0 fully saturated rings. The van der Waals surface area contributed by atoms with Gasteiger partial charge in [0.2, 0.25) is 5.88 Å². The van der Waals surface area contributed by atoms with Crippen LogP contribution < -0.4 is 4.74 Å². The molecule has 0 unspecified atom stereocenters. The SMILES string of the molecule is COc1cc(C=CN(C)C)c([N+](=O)[O-])cn1. The highest BCUT2D eigenvalue weighted by molar-refractivity contribution is 5.60.